The minimum Gasteiger partial charge on any atom is -0.387 e. The van der Waals surface area contributed by atoms with E-state index in [0.29, 0.717) is 17.1 Å². The lowest BCUT2D eigenvalue weighted by atomic mass is 10.1. The van der Waals surface area contributed by atoms with Crippen LogP contribution in [-0.2, 0) is 6.54 Å². The molecular weight excluding hydrogens is 304 g/mol. The molecule has 22 heavy (non-hydrogen) atoms. The van der Waals surface area contributed by atoms with Gasteiger partial charge in [0.25, 0.3) is 0 Å². The number of benzene rings is 1. The van der Waals surface area contributed by atoms with E-state index >= 15 is 0 Å². The molecule has 0 aliphatic carbocycles. The second-order valence-corrected chi connectivity index (χ2v) is 5.49. The molecule has 0 unspecified atom stereocenters. The molecule has 0 aliphatic rings. The molecule has 2 atom stereocenters. The molecule has 0 radical (unpaired) electrons. The Labute approximate surface area is 134 Å². The number of nitrogens with zero attached hydrogens (tertiary/aromatic N) is 2. The largest absolute Gasteiger partial charge is 0.387 e. The summed E-state index contributed by atoms with van der Waals surface area (Å²) in [5.41, 5.74) is 0.664. The predicted octanol–water partition coefficient (Wildman–Crippen LogP) is 1.96. The quantitative estimate of drug-likeness (QED) is 0.760. The molecule has 3 N–H and O–H groups in total. The molecule has 1 heterocycles. The van der Waals surface area contributed by atoms with Crippen molar-refractivity contribution in [1.29, 1.82) is 0 Å². The first-order chi connectivity index (χ1) is 10.5. The molecule has 7 heteroatoms. The third-order valence-corrected chi connectivity index (χ3v) is 3.32. The van der Waals surface area contributed by atoms with Gasteiger partial charge in [-0.25, -0.2) is 4.79 Å². The van der Waals surface area contributed by atoms with Crippen LogP contribution in [0.2, 0.25) is 5.02 Å². The minimum absolute atomic E-state index is 0.0804. The van der Waals surface area contributed by atoms with E-state index in [1.165, 1.54) is 0 Å². The molecule has 2 rings (SSSR count). The van der Waals surface area contributed by atoms with Crippen molar-refractivity contribution in [2.24, 2.45) is 0 Å². The Kier molecular flexibility index (Phi) is 5.80. The summed E-state index contributed by atoms with van der Waals surface area (Å²) in [6.45, 7) is 2.58. The number of aromatic nitrogens is 2. The summed E-state index contributed by atoms with van der Waals surface area (Å²) in [7, 11) is 0. The SMILES string of the molecule is C[C@H](Cn1cccn1)NC(=O)NC[C@H](O)c1cccc(Cl)c1. The number of halogens is 1. The molecular formula is C15H19ClN4O2. The summed E-state index contributed by atoms with van der Waals surface area (Å²) >= 11 is 5.87. The van der Waals surface area contributed by atoms with Gasteiger partial charge in [-0.3, -0.25) is 4.68 Å². The van der Waals surface area contributed by atoms with Crippen molar-refractivity contribution in [3.8, 4) is 0 Å². The Morgan fingerprint density at radius 3 is 2.95 bits per heavy atom. The van der Waals surface area contributed by atoms with E-state index in [4.69, 9.17) is 11.6 Å². The van der Waals surface area contributed by atoms with Gasteiger partial charge in [0.15, 0.2) is 0 Å². The van der Waals surface area contributed by atoms with Crippen molar-refractivity contribution in [1.82, 2.24) is 20.4 Å². The van der Waals surface area contributed by atoms with Crippen molar-refractivity contribution in [3.05, 3.63) is 53.3 Å². The number of hydrogen-bond donors (Lipinski definition) is 3. The zero-order chi connectivity index (χ0) is 15.9. The van der Waals surface area contributed by atoms with Gasteiger partial charge >= 0.3 is 6.03 Å². The molecule has 0 spiro atoms. The highest BCUT2D eigenvalue weighted by Crippen LogP contribution is 2.16. The lowest BCUT2D eigenvalue weighted by Crippen LogP contribution is -2.43. The van der Waals surface area contributed by atoms with Gasteiger partial charge in [-0.1, -0.05) is 23.7 Å². The van der Waals surface area contributed by atoms with Gasteiger partial charge < -0.3 is 15.7 Å². The van der Waals surface area contributed by atoms with Crippen molar-refractivity contribution < 1.29 is 9.90 Å². The average Bonchev–Trinajstić information content (AvgIpc) is 2.97. The zero-order valence-corrected chi connectivity index (χ0v) is 13.0. The molecule has 0 fully saturated rings. The van der Waals surface area contributed by atoms with E-state index in [2.05, 4.69) is 15.7 Å². The van der Waals surface area contributed by atoms with E-state index in [-0.39, 0.29) is 18.6 Å². The highest BCUT2D eigenvalue weighted by Gasteiger charge is 2.12. The van der Waals surface area contributed by atoms with E-state index in [0.717, 1.165) is 0 Å². The van der Waals surface area contributed by atoms with Gasteiger partial charge in [-0.2, -0.15) is 5.10 Å². The van der Waals surface area contributed by atoms with Gasteiger partial charge in [-0.05, 0) is 30.7 Å². The van der Waals surface area contributed by atoms with Crippen molar-refractivity contribution in [2.45, 2.75) is 25.6 Å². The number of carbonyl (C=O) groups excluding carboxylic acids is 1. The number of nitrogens with one attached hydrogen (secondary N) is 2. The highest BCUT2D eigenvalue weighted by molar-refractivity contribution is 6.30. The number of aliphatic hydroxyl groups is 1. The number of urea groups is 1. The average molecular weight is 323 g/mol. The summed E-state index contributed by atoms with van der Waals surface area (Å²) in [6.07, 6.45) is 2.72. The topological polar surface area (TPSA) is 79.2 Å². The maximum atomic E-state index is 11.8. The van der Waals surface area contributed by atoms with E-state index in [1.807, 2.05) is 19.2 Å². The fourth-order valence-electron chi connectivity index (χ4n) is 2.03. The first-order valence-corrected chi connectivity index (χ1v) is 7.37. The molecule has 2 amide bonds. The van der Waals surface area contributed by atoms with Crippen LogP contribution in [-0.4, -0.2) is 33.5 Å². The molecule has 6 nitrogen and oxygen atoms in total. The second kappa shape index (κ2) is 7.82. The first-order valence-electron chi connectivity index (χ1n) is 7.00. The summed E-state index contributed by atoms with van der Waals surface area (Å²) in [4.78, 5) is 11.8. The number of carbonyl (C=O) groups is 1. The Bertz CT molecular complexity index is 603. The van der Waals surface area contributed by atoms with Gasteiger partial charge in [0.05, 0.1) is 12.6 Å². The summed E-state index contributed by atoms with van der Waals surface area (Å²) < 4.78 is 1.74. The summed E-state index contributed by atoms with van der Waals surface area (Å²) in [5.74, 6) is 0. The van der Waals surface area contributed by atoms with E-state index in [9.17, 15) is 9.90 Å². The van der Waals surface area contributed by atoms with Gasteiger partial charge in [0.2, 0.25) is 0 Å². The summed E-state index contributed by atoms with van der Waals surface area (Å²) in [6, 6.07) is 8.34. The molecule has 0 saturated carbocycles. The number of aliphatic hydroxyl groups excluding tert-OH is 1. The Balaban J connectivity index is 1.75. The van der Waals surface area contributed by atoms with Crippen LogP contribution in [0.15, 0.2) is 42.7 Å². The van der Waals surface area contributed by atoms with Crippen LogP contribution in [0.25, 0.3) is 0 Å². The fourth-order valence-corrected chi connectivity index (χ4v) is 2.23. The Hall–Kier alpha value is -2.05. The maximum Gasteiger partial charge on any atom is 0.315 e. The molecule has 2 aromatic rings. The van der Waals surface area contributed by atoms with Crippen molar-refractivity contribution in [3.63, 3.8) is 0 Å². The molecule has 0 aliphatic heterocycles. The number of rotatable bonds is 6. The van der Waals surface area contributed by atoms with Crippen molar-refractivity contribution in [2.75, 3.05) is 6.54 Å². The Morgan fingerprint density at radius 1 is 1.45 bits per heavy atom. The van der Waals surface area contributed by atoms with Crippen LogP contribution < -0.4 is 10.6 Å². The van der Waals surface area contributed by atoms with E-state index < -0.39 is 6.10 Å². The van der Waals surface area contributed by atoms with Crippen LogP contribution in [0, 0.1) is 0 Å². The van der Waals surface area contributed by atoms with E-state index in [1.54, 1.807) is 35.1 Å². The monoisotopic (exact) mass is 322 g/mol. The van der Waals surface area contributed by atoms with Crippen LogP contribution in [0.3, 0.4) is 0 Å². The third-order valence-electron chi connectivity index (χ3n) is 3.09. The molecule has 0 saturated heterocycles. The molecule has 118 valence electrons. The third kappa shape index (κ3) is 5.05. The van der Waals surface area contributed by atoms with Crippen molar-refractivity contribution >= 4 is 17.6 Å². The number of amides is 2. The maximum absolute atomic E-state index is 11.8. The Morgan fingerprint density at radius 2 is 2.27 bits per heavy atom. The standard InChI is InChI=1S/C15H19ClN4O2/c1-11(10-20-7-3-6-18-20)19-15(22)17-9-14(21)12-4-2-5-13(16)8-12/h2-8,11,14,21H,9-10H2,1H3,(H2,17,19,22)/t11-,14+/m1/s1. The lowest BCUT2D eigenvalue weighted by Gasteiger charge is -2.16. The smallest absolute Gasteiger partial charge is 0.315 e. The van der Waals surface area contributed by atoms with Gasteiger partial charge in [0.1, 0.15) is 0 Å². The van der Waals surface area contributed by atoms with Gasteiger partial charge in [-0.15, -0.1) is 0 Å². The molecule has 1 aromatic carbocycles. The molecule has 1 aromatic heterocycles. The van der Waals surface area contributed by atoms with Crippen LogP contribution in [0.5, 0.6) is 0 Å². The summed E-state index contributed by atoms with van der Waals surface area (Å²) in [5, 5.41) is 20.1. The van der Waals surface area contributed by atoms with Crippen LogP contribution in [0.1, 0.15) is 18.6 Å². The van der Waals surface area contributed by atoms with Gasteiger partial charge in [0, 0.05) is 30.0 Å². The predicted molar refractivity (Wildman–Crippen MR) is 84.6 cm³/mol. The minimum atomic E-state index is -0.800. The first kappa shape index (κ1) is 16.3. The fraction of sp³-hybridized carbons (Fsp3) is 0.333. The zero-order valence-electron chi connectivity index (χ0n) is 12.2. The van der Waals surface area contributed by atoms with Crippen LogP contribution in [0.4, 0.5) is 4.79 Å². The number of hydrogen-bond acceptors (Lipinski definition) is 3. The molecule has 0 bridgehead atoms. The lowest BCUT2D eigenvalue weighted by molar-refractivity contribution is 0.172. The second-order valence-electron chi connectivity index (χ2n) is 5.05. The highest BCUT2D eigenvalue weighted by atomic mass is 35.5. The van der Waals surface area contributed by atoms with Crippen LogP contribution >= 0.6 is 11.6 Å². The normalized spacial score (nSPS) is 13.4.